The Hall–Kier alpha value is -1.93. The first-order valence-corrected chi connectivity index (χ1v) is 8.02. The van der Waals surface area contributed by atoms with Crippen molar-refractivity contribution in [2.24, 2.45) is 5.92 Å². The second kappa shape index (κ2) is 6.45. The van der Waals surface area contributed by atoms with Crippen molar-refractivity contribution in [2.75, 3.05) is 20.6 Å². The zero-order valence-corrected chi connectivity index (χ0v) is 13.4. The molecule has 0 radical (unpaired) electrons. The number of hydrogen-bond donors (Lipinski definition) is 0. The Balaban J connectivity index is 1.94. The van der Waals surface area contributed by atoms with Crippen LogP contribution < -0.4 is 0 Å². The highest BCUT2D eigenvalue weighted by molar-refractivity contribution is 6.04. The van der Waals surface area contributed by atoms with E-state index in [9.17, 15) is 4.79 Å². The van der Waals surface area contributed by atoms with Gasteiger partial charge in [0, 0.05) is 12.5 Å². The average Bonchev–Trinajstić information content (AvgIpc) is 2.51. The van der Waals surface area contributed by atoms with Gasteiger partial charge in [0.2, 0.25) is 0 Å². The summed E-state index contributed by atoms with van der Waals surface area (Å²) in [6.45, 7) is 0.853. The molecule has 0 spiro atoms. The second-order valence-corrected chi connectivity index (χ2v) is 6.45. The third kappa shape index (κ3) is 3.12. The fourth-order valence-corrected chi connectivity index (χ4v) is 3.38. The standard InChI is InChI=1S/C20H23NO/c1-21(2)14-18-11-6-10-17(20(18)22)13-16-9-5-8-15-7-3-4-12-19(15)16/h3-5,7-9,12-13,18H,6,10-11,14H2,1-2H3/b17-13+. The highest BCUT2D eigenvalue weighted by atomic mass is 16.1. The van der Waals surface area contributed by atoms with Gasteiger partial charge in [0.15, 0.2) is 5.78 Å². The van der Waals surface area contributed by atoms with Crippen LogP contribution in [0.1, 0.15) is 24.8 Å². The third-order valence-electron chi connectivity index (χ3n) is 4.42. The number of rotatable bonds is 3. The average molecular weight is 293 g/mol. The van der Waals surface area contributed by atoms with E-state index in [0.29, 0.717) is 5.78 Å². The van der Waals surface area contributed by atoms with Crippen LogP contribution in [0.5, 0.6) is 0 Å². The van der Waals surface area contributed by atoms with Crippen LogP contribution in [0, 0.1) is 5.92 Å². The lowest BCUT2D eigenvalue weighted by molar-refractivity contribution is -0.120. The number of nitrogens with zero attached hydrogens (tertiary/aromatic N) is 1. The number of carbonyl (C=O) groups is 1. The molecular weight excluding hydrogens is 270 g/mol. The molecular formula is C20H23NO. The smallest absolute Gasteiger partial charge is 0.163 e. The number of carbonyl (C=O) groups excluding carboxylic acids is 1. The lowest BCUT2D eigenvalue weighted by Gasteiger charge is -2.25. The number of allylic oxidation sites excluding steroid dienone is 1. The summed E-state index contributed by atoms with van der Waals surface area (Å²) in [5.41, 5.74) is 2.15. The van der Waals surface area contributed by atoms with E-state index >= 15 is 0 Å². The van der Waals surface area contributed by atoms with Gasteiger partial charge in [0.05, 0.1) is 0 Å². The van der Waals surface area contributed by atoms with Crippen LogP contribution in [-0.4, -0.2) is 31.3 Å². The monoisotopic (exact) mass is 293 g/mol. The molecule has 0 bridgehead atoms. The molecule has 0 N–H and O–H groups in total. The van der Waals surface area contributed by atoms with Crippen molar-refractivity contribution < 1.29 is 4.79 Å². The van der Waals surface area contributed by atoms with Crippen LogP contribution in [0.3, 0.4) is 0 Å². The highest BCUT2D eigenvalue weighted by Gasteiger charge is 2.26. The number of fused-ring (bicyclic) bond motifs is 1. The maximum absolute atomic E-state index is 12.7. The maximum Gasteiger partial charge on any atom is 0.163 e. The molecule has 0 saturated heterocycles. The molecule has 3 rings (SSSR count). The van der Waals surface area contributed by atoms with Crippen molar-refractivity contribution in [1.29, 1.82) is 0 Å². The quantitative estimate of drug-likeness (QED) is 0.792. The molecule has 1 saturated carbocycles. The summed E-state index contributed by atoms with van der Waals surface area (Å²) >= 11 is 0. The van der Waals surface area contributed by atoms with E-state index < -0.39 is 0 Å². The molecule has 1 unspecified atom stereocenters. The van der Waals surface area contributed by atoms with Gasteiger partial charge in [0.1, 0.15) is 0 Å². The number of benzene rings is 2. The molecule has 1 aliphatic rings. The predicted octanol–water partition coefficient (Wildman–Crippen LogP) is 4.15. The first kappa shape index (κ1) is 15.0. The van der Waals surface area contributed by atoms with Crippen molar-refractivity contribution in [3.8, 4) is 0 Å². The molecule has 2 aromatic carbocycles. The minimum Gasteiger partial charge on any atom is -0.309 e. The van der Waals surface area contributed by atoms with E-state index in [1.807, 2.05) is 14.1 Å². The topological polar surface area (TPSA) is 20.3 Å². The van der Waals surface area contributed by atoms with Gasteiger partial charge < -0.3 is 4.90 Å². The molecule has 0 aromatic heterocycles. The van der Waals surface area contributed by atoms with Gasteiger partial charge in [-0.3, -0.25) is 4.79 Å². The van der Waals surface area contributed by atoms with Crippen molar-refractivity contribution in [3.63, 3.8) is 0 Å². The summed E-state index contributed by atoms with van der Waals surface area (Å²) in [6, 6.07) is 14.7. The largest absolute Gasteiger partial charge is 0.309 e. The Morgan fingerprint density at radius 3 is 2.73 bits per heavy atom. The molecule has 0 aliphatic heterocycles. The van der Waals surface area contributed by atoms with Crippen LogP contribution >= 0.6 is 0 Å². The molecule has 2 nitrogen and oxygen atoms in total. The van der Waals surface area contributed by atoms with Gasteiger partial charge in [-0.15, -0.1) is 0 Å². The first-order chi connectivity index (χ1) is 10.6. The van der Waals surface area contributed by atoms with Crippen LogP contribution in [-0.2, 0) is 4.79 Å². The summed E-state index contributed by atoms with van der Waals surface area (Å²) in [5.74, 6) is 0.498. The van der Waals surface area contributed by atoms with Crippen LogP contribution in [0.2, 0.25) is 0 Å². The minimum absolute atomic E-state index is 0.157. The summed E-state index contributed by atoms with van der Waals surface area (Å²) in [6.07, 6.45) is 5.16. The summed E-state index contributed by atoms with van der Waals surface area (Å²) in [5, 5.41) is 2.45. The van der Waals surface area contributed by atoms with Gasteiger partial charge in [-0.05, 0) is 61.3 Å². The maximum atomic E-state index is 12.7. The fourth-order valence-electron chi connectivity index (χ4n) is 3.38. The lowest BCUT2D eigenvalue weighted by atomic mass is 9.83. The number of Topliss-reactive ketones (excluding diaryl/α,β-unsaturated/α-hetero) is 1. The first-order valence-electron chi connectivity index (χ1n) is 8.02. The minimum atomic E-state index is 0.157. The van der Waals surface area contributed by atoms with Crippen LogP contribution in [0.25, 0.3) is 16.8 Å². The van der Waals surface area contributed by atoms with Gasteiger partial charge in [-0.1, -0.05) is 42.5 Å². The van der Waals surface area contributed by atoms with Gasteiger partial charge in [0.25, 0.3) is 0 Å². The number of ketones is 1. The van der Waals surface area contributed by atoms with E-state index in [2.05, 4.69) is 53.4 Å². The normalized spacial score (nSPS) is 21.0. The summed E-state index contributed by atoms with van der Waals surface area (Å²) in [4.78, 5) is 14.8. The number of hydrogen-bond acceptors (Lipinski definition) is 2. The highest BCUT2D eigenvalue weighted by Crippen LogP contribution is 2.29. The zero-order valence-electron chi connectivity index (χ0n) is 13.4. The second-order valence-electron chi connectivity index (χ2n) is 6.45. The van der Waals surface area contributed by atoms with Gasteiger partial charge in [-0.2, -0.15) is 0 Å². The Bertz CT molecular complexity index is 709. The van der Waals surface area contributed by atoms with Crippen molar-refractivity contribution in [2.45, 2.75) is 19.3 Å². The molecule has 1 fully saturated rings. The Kier molecular flexibility index (Phi) is 4.39. The molecule has 1 aliphatic carbocycles. The molecule has 1 atom stereocenters. The zero-order chi connectivity index (χ0) is 15.5. The van der Waals surface area contributed by atoms with Crippen LogP contribution in [0.15, 0.2) is 48.0 Å². The fraction of sp³-hybridized carbons (Fsp3) is 0.350. The molecule has 22 heavy (non-hydrogen) atoms. The SMILES string of the molecule is CN(C)CC1CCC/C(=C\c2cccc3ccccc23)C1=O. The van der Waals surface area contributed by atoms with Crippen molar-refractivity contribution in [3.05, 3.63) is 53.6 Å². The molecule has 0 amide bonds. The predicted molar refractivity (Wildman–Crippen MR) is 92.8 cm³/mol. The van der Waals surface area contributed by atoms with E-state index in [4.69, 9.17) is 0 Å². The van der Waals surface area contributed by atoms with Crippen LogP contribution in [0.4, 0.5) is 0 Å². The van der Waals surface area contributed by atoms with Gasteiger partial charge >= 0.3 is 0 Å². The van der Waals surface area contributed by atoms with E-state index in [1.165, 1.54) is 10.8 Å². The van der Waals surface area contributed by atoms with E-state index in [-0.39, 0.29) is 5.92 Å². The molecule has 0 heterocycles. The van der Waals surface area contributed by atoms with Crippen molar-refractivity contribution >= 4 is 22.6 Å². The van der Waals surface area contributed by atoms with Crippen molar-refractivity contribution in [1.82, 2.24) is 4.90 Å². The van der Waals surface area contributed by atoms with E-state index in [0.717, 1.165) is 36.9 Å². The molecule has 2 aromatic rings. The Labute approximate surface area is 132 Å². The summed E-state index contributed by atoms with van der Waals surface area (Å²) in [7, 11) is 4.08. The Morgan fingerprint density at radius 2 is 1.91 bits per heavy atom. The van der Waals surface area contributed by atoms with Gasteiger partial charge in [-0.25, -0.2) is 0 Å². The molecule has 114 valence electrons. The molecule has 2 heteroatoms. The summed E-state index contributed by atoms with van der Waals surface area (Å²) < 4.78 is 0. The lowest BCUT2D eigenvalue weighted by Crippen LogP contribution is -2.31. The Morgan fingerprint density at radius 1 is 1.14 bits per heavy atom. The van der Waals surface area contributed by atoms with E-state index in [1.54, 1.807) is 0 Å². The third-order valence-corrected chi connectivity index (χ3v) is 4.42.